The van der Waals surface area contributed by atoms with Crippen molar-refractivity contribution in [3.63, 3.8) is 0 Å². The number of para-hydroxylation sites is 2. The molecule has 0 saturated carbocycles. The van der Waals surface area contributed by atoms with Crippen LogP contribution in [0.25, 0.3) is 0 Å². The molecule has 0 radical (unpaired) electrons. The molecule has 0 bridgehead atoms. The number of unbranched alkanes of at least 4 members (excludes halogenated alkanes) is 1. The molecule has 2 aliphatic rings. The molecule has 2 aromatic rings. The van der Waals surface area contributed by atoms with Gasteiger partial charge in [-0.1, -0.05) is 24.5 Å². The standard InChI is InChI=1S/C26H34N4O/c1-20-19-28(4)24-23(20)30(22-14-8-7-13-21(22)27-25(24)31)26(2,3)15-9-5-10-16-29-17-11-6-12-18-29/h7-8,13-14,19H,5-6,10-12,16-18H2,1-4H3,(H,27,31). The number of carbonyl (C=O) groups is 1. The number of piperidine rings is 1. The van der Waals surface area contributed by atoms with Crippen LogP contribution >= 0.6 is 0 Å². The molecule has 5 heteroatoms. The Bertz CT molecular complexity index is 1020. The van der Waals surface area contributed by atoms with Gasteiger partial charge in [-0.3, -0.25) is 4.79 Å². The molecule has 1 saturated heterocycles. The van der Waals surface area contributed by atoms with Crippen molar-refractivity contribution >= 4 is 23.0 Å². The third-order valence-electron chi connectivity index (χ3n) is 6.35. The van der Waals surface area contributed by atoms with Gasteiger partial charge in [0.2, 0.25) is 0 Å². The average Bonchev–Trinajstić information content (AvgIpc) is 2.94. The van der Waals surface area contributed by atoms with Gasteiger partial charge in [0.25, 0.3) is 5.91 Å². The SMILES string of the molecule is Cc1cn(C)c2c1N(C(C)(C)C#CCCCN1CCCCC1)c1ccccc1NC2=O. The third kappa shape index (κ3) is 4.36. The number of aryl methyl sites for hydroxylation is 2. The minimum Gasteiger partial charge on any atom is -0.345 e. The van der Waals surface area contributed by atoms with Crippen LogP contribution < -0.4 is 10.2 Å². The summed E-state index contributed by atoms with van der Waals surface area (Å²) >= 11 is 0. The molecule has 0 atom stereocenters. The van der Waals surface area contributed by atoms with Gasteiger partial charge in [-0.2, -0.15) is 0 Å². The number of carbonyl (C=O) groups excluding carboxylic acids is 1. The second-order valence-corrected chi connectivity index (χ2v) is 9.29. The van der Waals surface area contributed by atoms with Crippen LogP contribution in [0.3, 0.4) is 0 Å². The Morgan fingerprint density at radius 3 is 2.65 bits per heavy atom. The van der Waals surface area contributed by atoms with Crippen LogP contribution in [0.2, 0.25) is 0 Å². The van der Waals surface area contributed by atoms with Gasteiger partial charge < -0.3 is 19.7 Å². The van der Waals surface area contributed by atoms with Crippen LogP contribution in [0.1, 0.15) is 62.0 Å². The van der Waals surface area contributed by atoms with Crippen molar-refractivity contribution in [1.29, 1.82) is 0 Å². The molecule has 2 aliphatic heterocycles. The van der Waals surface area contributed by atoms with Crippen LogP contribution in [0.4, 0.5) is 17.1 Å². The van der Waals surface area contributed by atoms with Crippen LogP contribution in [0.15, 0.2) is 30.5 Å². The number of nitrogens with one attached hydrogen (secondary N) is 1. The smallest absolute Gasteiger partial charge is 0.274 e. The maximum absolute atomic E-state index is 13.0. The summed E-state index contributed by atoms with van der Waals surface area (Å²) in [5.41, 5.74) is 4.03. The number of hydrogen-bond acceptors (Lipinski definition) is 3. The quantitative estimate of drug-likeness (QED) is 0.556. The number of fused-ring (bicyclic) bond motifs is 2. The Labute approximate surface area is 186 Å². The summed E-state index contributed by atoms with van der Waals surface area (Å²) in [6, 6.07) is 8.00. The number of likely N-dealkylation sites (tertiary alicyclic amines) is 1. The number of benzene rings is 1. The molecule has 164 valence electrons. The van der Waals surface area contributed by atoms with Gasteiger partial charge in [-0.05, 0) is 77.4 Å². The summed E-state index contributed by atoms with van der Waals surface area (Å²) in [4.78, 5) is 17.8. The van der Waals surface area contributed by atoms with E-state index in [9.17, 15) is 4.79 Å². The maximum atomic E-state index is 13.0. The fraction of sp³-hybridized carbons (Fsp3) is 0.500. The molecule has 1 fully saturated rings. The zero-order valence-electron chi connectivity index (χ0n) is 19.3. The molecule has 3 heterocycles. The van der Waals surface area contributed by atoms with E-state index >= 15 is 0 Å². The van der Waals surface area contributed by atoms with Crippen molar-refractivity contribution < 1.29 is 4.79 Å². The van der Waals surface area contributed by atoms with Crippen molar-refractivity contribution in [1.82, 2.24) is 9.47 Å². The Morgan fingerprint density at radius 2 is 1.87 bits per heavy atom. The van der Waals surface area contributed by atoms with Crippen molar-refractivity contribution in [2.45, 2.75) is 58.4 Å². The monoisotopic (exact) mass is 418 g/mol. The molecule has 4 rings (SSSR count). The van der Waals surface area contributed by atoms with E-state index in [0.29, 0.717) is 5.69 Å². The van der Waals surface area contributed by atoms with Crippen LogP contribution in [0.5, 0.6) is 0 Å². The largest absolute Gasteiger partial charge is 0.345 e. The minimum atomic E-state index is -0.464. The predicted molar refractivity (Wildman–Crippen MR) is 128 cm³/mol. The van der Waals surface area contributed by atoms with E-state index in [1.54, 1.807) is 0 Å². The highest BCUT2D eigenvalue weighted by Gasteiger charge is 2.36. The van der Waals surface area contributed by atoms with Gasteiger partial charge in [0, 0.05) is 19.7 Å². The van der Waals surface area contributed by atoms with Gasteiger partial charge in [0.1, 0.15) is 11.2 Å². The van der Waals surface area contributed by atoms with Crippen molar-refractivity contribution in [3.8, 4) is 11.8 Å². The molecule has 0 aliphatic carbocycles. The summed E-state index contributed by atoms with van der Waals surface area (Å²) in [7, 11) is 1.93. The Balaban J connectivity index is 1.61. The zero-order chi connectivity index (χ0) is 22.0. The summed E-state index contributed by atoms with van der Waals surface area (Å²) in [6.45, 7) is 9.97. The first-order valence-electron chi connectivity index (χ1n) is 11.5. The highest BCUT2D eigenvalue weighted by Crippen LogP contribution is 2.44. The lowest BCUT2D eigenvalue weighted by atomic mass is 9.99. The first-order chi connectivity index (χ1) is 14.9. The van der Waals surface area contributed by atoms with E-state index in [2.05, 4.69) is 53.8 Å². The van der Waals surface area contributed by atoms with E-state index in [0.717, 1.165) is 42.0 Å². The number of rotatable bonds is 4. The molecule has 1 amide bonds. The zero-order valence-corrected chi connectivity index (χ0v) is 19.3. The number of nitrogens with zero attached hydrogens (tertiary/aromatic N) is 3. The topological polar surface area (TPSA) is 40.5 Å². The molecular formula is C26H34N4O. The Kier molecular flexibility index (Phi) is 6.11. The van der Waals surface area contributed by atoms with Gasteiger partial charge in [-0.25, -0.2) is 0 Å². The lowest BCUT2D eigenvalue weighted by Crippen LogP contribution is -2.40. The molecule has 0 spiro atoms. The summed E-state index contributed by atoms with van der Waals surface area (Å²) < 4.78 is 1.92. The van der Waals surface area contributed by atoms with E-state index in [-0.39, 0.29) is 5.91 Å². The molecule has 1 aromatic carbocycles. The van der Waals surface area contributed by atoms with Crippen molar-refractivity contribution in [2.75, 3.05) is 29.9 Å². The highest BCUT2D eigenvalue weighted by molar-refractivity contribution is 6.12. The number of amides is 1. The van der Waals surface area contributed by atoms with Crippen molar-refractivity contribution in [3.05, 3.63) is 41.7 Å². The molecule has 31 heavy (non-hydrogen) atoms. The van der Waals surface area contributed by atoms with Gasteiger partial charge in [0.15, 0.2) is 0 Å². The van der Waals surface area contributed by atoms with Crippen molar-refractivity contribution in [2.24, 2.45) is 7.05 Å². The van der Waals surface area contributed by atoms with Gasteiger partial charge in [-0.15, -0.1) is 5.92 Å². The highest BCUT2D eigenvalue weighted by atomic mass is 16.2. The molecule has 0 unspecified atom stereocenters. The molecule has 5 nitrogen and oxygen atoms in total. The first-order valence-corrected chi connectivity index (χ1v) is 11.5. The van der Waals surface area contributed by atoms with Gasteiger partial charge >= 0.3 is 0 Å². The fourth-order valence-electron chi connectivity index (χ4n) is 4.89. The maximum Gasteiger partial charge on any atom is 0.274 e. The molecule has 1 N–H and O–H groups in total. The second-order valence-electron chi connectivity index (χ2n) is 9.29. The summed E-state index contributed by atoms with van der Waals surface area (Å²) in [5, 5.41) is 3.09. The first kappa shape index (κ1) is 21.5. The second kappa shape index (κ2) is 8.80. The summed E-state index contributed by atoms with van der Waals surface area (Å²) in [6.07, 6.45) is 8.06. The van der Waals surface area contributed by atoms with E-state index in [4.69, 9.17) is 0 Å². The number of hydrogen-bond donors (Lipinski definition) is 1. The van der Waals surface area contributed by atoms with E-state index in [1.807, 2.05) is 36.0 Å². The van der Waals surface area contributed by atoms with Crippen LogP contribution in [-0.2, 0) is 7.05 Å². The fourth-order valence-corrected chi connectivity index (χ4v) is 4.89. The lowest BCUT2D eigenvalue weighted by molar-refractivity contribution is 0.102. The number of anilines is 3. The predicted octanol–water partition coefficient (Wildman–Crippen LogP) is 5.09. The van der Waals surface area contributed by atoms with Crippen LogP contribution in [0, 0.1) is 18.8 Å². The number of aromatic nitrogens is 1. The molecule has 1 aromatic heterocycles. The lowest BCUT2D eigenvalue weighted by Gasteiger charge is -2.37. The van der Waals surface area contributed by atoms with E-state index in [1.165, 1.54) is 32.4 Å². The third-order valence-corrected chi connectivity index (χ3v) is 6.35. The Morgan fingerprint density at radius 1 is 1.13 bits per heavy atom. The minimum absolute atomic E-state index is 0.0779. The Hall–Kier alpha value is -2.71. The normalized spacial score (nSPS) is 16.6. The van der Waals surface area contributed by atoms with E-state index < -0.39 is 5.54 Å². The summed E-state index contributed by atoms with van der Waals surface area (Å²) in [5.74, 6) is 6.91. The average molecular weight is 419 g/mol. The van der Waals surface area contributed by atoms with Gasteiger partial charge in [0.05, 0.1) is 17.1 Å². The van der Waals surface area contributed by atoms with Crippen LogP contribution in [-0.4, -0.2) is 40.5 Å². The molecular weight excluding hydrogens is 384 g/mol.